The van der Waals surface area contributed by atoms with Crippen LogP contribution in [0.4, 0.5) is 0 Å². The molecule has 4 heterocycles. The summed E-state index contributed by atoms with van der Waals surface area (Å²) in [6.07, 6.45) is 10.2. The molecule has 2 N–H and O–H groups in total. The Morgan fingerprint density at radius 1 is 1.09 bits per heavy atom. The van der Waals surface area contributed by atoms with Crippen molar-refractivity contribution in [1.82, 2.24) is 24.5 Å². The average molecular weight is 442 g/mol. The lowest BCUT2D eigenvalue weighted by atomic mass is 10.1. The van der Waals surface area contributed by atoms with Gasteiger partial charge >= 0.3 is 0 Å². The first-order valence-electron chi connectivity index (χ1n) is 10.4. The Kier molecular flexibility index (Phi) is 5.41. The lowest BCUT2D eigenvalue weighted by molar-refractivity contribution is 0.687. The van der Waals surface area contributed by atoms with E-state index in [1.807, 2.05) is 42.7 Å². The minimum absolute atomic E-state index is 0.0358. The molecule has 0 unspecified atom stereocenters. The van der Waals surface area contributed by atoms with Crippen LogP contribution in [0.15, 0.2) is 72.4 Å². The molecule has 0 amide bonds. The van der Waals surface area contributed by atoms with E-state index < -0.39 is 0 Å². The standard InChI is InChI=1S/C25H23N5OS/c1-3-4-12-30-14-20(18-9-11-27-23(18)25(30)31)22-13-16(15-32-2)28-24(29-22)19-6-5-7-21-17(19)8-10-26-21/h3,5-11,13-14,26-27H,1,4,12,15H2,2H3. The first-order valence-corrected chi connectivity index (χ1v) is 11.8. The van der Waals surface area contributed by atoms with E-state index in [2.05, 4.69) is 34.9 Å². The van der Waals surface area contributed by atoms with Crippen LogP contribution in [0, 0.1) is 0 Å². The van der Waals surface area contributed by atoms with E-state index in [-0.39, 0.29) is 5.56 Å². The quantitative estimate of drug-likeness (QED) is 0.333. The molecule has 0 radical (unpaired) electrons. The summed E-state index contributed by atoms with van der Waals surface area (Å²) in [6.45, 7) is 4.36. The molecule has 0 saturated carbocycles. The van der Waals surface area contributed by atoms with E-state index in [1.165, 1.54) is 0 Å². The van der Waals surface area contributed by atoms with Crippen LogP contribution >= 0.6 is 11.8 Å². The second kappa shape index (κ2) is 8.51. The molecule has 4 aromatic heterocycles. The molecule has 160 valence electrons. The zero-order chi connectivity index (χ0) is 22.1. The fraction of sp³-hybridized carbons (Fsp3) is 0.160. The van der Waals surface area contributed by atoms with Crippen molar-refractivity contribution in [3.05, 3.63) is 83.7 Å². The SMILES string of the molecule is C=CCCn1cc(-c2cc(CSC)nc(-c3cccc4[nH]ccc34)n2)c2cc[nH]c2c1=O. The summed E-state index contributed by atoms with van der Waals surface area (Å²) in [4.78, 5) is 29.1. The van der Waals surface area contributed by atoms with Crippen molar-refractivity contribution in [2.75, 3.05) is 6.26 Å². The number of nitrogens with one attached hydrogen (secondary N) is 2. The van der Waals surface area contributed by atoms with Crippen LogP contribution in [0.25, 0.3) is 44.5 Å². The topological polar surface area (TPSA) is 79.4 Å². The minimum Gasteiger partial charge on any atom is -0.361 e. The fourth-order valence-electron chi connectivity index (χ4n) is 4.06. The molecule has 0 aliphatic rings. The monoisotopic (exact) mass is 441 g/mol. The molecule has 7 heteroatoms. The van der Waals surface area contributed by atoms with E-state index in [1.54, 1.807) is 22.5 Å². The maximum atomic E-state index is 12.9. The Labute approximate surface area is 189 Å². The van der Waals surface area contributed by atoms with Gasteiger partial charge in [0.05, 0.1) is 11.4 Å². The number of aromatic nitrogens is 5. The molecule has 0 spiro atoms. The molecule has 0 bridgehead atoms. The van der Waals surface area contributed by atoms with Gasteiger partial charge in [-0.1, -0.05) is 18.2 Å². The van der Waals surface area contributed by atoms with Crippen LogP contribution in [0.2, 0.25) is 0 Å². The Bertz CT molecular complexity index is 1490. The van der Waals surface area contributed by atoms with E-state index >= 15 is 0 Å². The van der Waals surface area contributed by atoms with E-state index in [4.69, 9.17) is 9.97 Å². The molecule has 0 aliphatic carbocycles. The maximum absolute atomic E-state index is 12.9. The highest BCUT2D eigenvalue weighted by atomic mass is 32.2. The van der Waals surface area contributed by atoms with E-state index in [0.717, 1.165) is 44.6 Å². The van der Waals surface area contributed by atoms with Crippen molar-refractivity contribution in [2.45, 2.75) is 18.7 Å². The first-order chi connectivity index (χ1) is 15.7. The van der Waals surface area contributed by atoms with Gasteiger partial charge in [-0.05, 0) is 36.9 Å². The van der Waals surface area contributed by atoms with Crippen LogP contribution in [0.3, 0.4) is 0 Å². The van der Waals surface area contributed by atoms with Crippen molar-refractivity contribution in [2.24, 2.45) is 0 Å². The molecular formula is C25H23N5OS. The number of rotatable bonds is 7. The van der Waals surface area contributed by atoms with E-state index in [9.17, 15) is 4.79 Å². The minimum atomic E-state index is -0.0358. The van der Waals surface area contributed by atoms with Gasteiger partial charge < -0.3 is 14.5 Å². The predicted molar refractivity (Wildman–Crippen MR) is 133 cm³/mol. The Morgan fingerprint density at radius 2 is 1.94 bits per heavy atom. The summed E-state index contributed by atoms with van der Waals surface area (Å²) in [7, 11) is 0. The zero-order valence-corrected chi connectivity index (χ0v) is 18.6. The number of hydrogen-bond donors (Lipinski definition) is 2. The van der Waals surface area contributed by atoms with Gasteiger partial charge in [-0.2, -0.15) is 11.8 Å². The number of fused-ring (bicyclic) bond motifs is 2. The summed E-state index contributed by atoms with van der Waals surface area (Å²) >= 11 is 1.72. The van der Waals surface area contributed by atoms with Crippen LogP contribution in [0.1, 0.15) is 12.1 Å². The van der Waals surface area contributed by atoms with Gasteiger partial charge in [-0.15, -0.1) is 6.58 Å². The number of thioether (sulfide) groups is 1. The van der Waals surface area contributed by atoms with Crippen molar-refractivity contribution in [3.8, 4) is 22.6 Å². The number of aryl methyl sites for hydroxylation is 1. The van der Waals surface area contributed by atoms with Crippen LogP contribution < -0.4 is 5.56 Å². The highest BCUT2D eigenvalue weighted by Gasteiger charge is 2.16. The van der Waals surface area contributed by atoms with Crippen molar-refractivity contribution in [1.29, 1.82) is 0 Å². The Hall–Kier alpha value is -3.58. The van der Waals surface area contributed by atoms with Gasteiger partial charge in [0.25, 0.3) is 5.56 Å². The lowest BCUT2D eigenvalue weighted by Gasteiger charge is -2.12. The Balaban J connectivity index is 1.75. The summed E-state index contributed by atoms with van der Waals surface area (Å²) in [5.74, 6) is 1.46. The van der Waals surface area contributed by atoms with Gasteiger partial charge in [0.15, 0.2) is 5.82 Å². The highest BCUT2D eigenvalue weighted by molar-refractivity contribution is 7.97. The number of hydrogen-bond acceptors (Lipinski definition) is 4. The molecule has 0 fully saturated rings. The molecule has 5 rings (SSSR count). The summed E-state index contributed by atoms with van der Waals surface area (Å²) in [5.41, 5.74) is 5.27. The molecule has 0 aliphatic heterocycles. The van der Waals surface area contributed by atoms with Gasteiger partial charge in [0.2, 0.25) is 0 Å². The molecule has 5 aromatic rings. The molecule has 1 aromatic carbocycles. The molecule has 6 nitrogen and oxygen atoms in total. The highest BCUT2D eigenvalue weighted by Crippen LogP contribution is 2.31. The van der Waals surface area contributed by atoms with E-state index in [0.29, 0.717) is 24.3 Å². The number of allylic oxidation sites excluding steroid dienone is 1. The smallest absolute Gasteiger partial charge is 0.274 e. The van der Waals surface area contributed by atoms with Gasteiger partial charge in [0, 0.05) is 58.3 Å². The van der Waals surface area contributed by atoms with Crippen LogP contribution in [-0.4, -0.2) is 30.8 Å². The third kappa shape index (κ3) is 3.54. The summed E-state index contributed by atoms with van der Waals surface area (Å²) in [5, 5.41) is 1.95. The lowest BCUT2D eigenvalue weighted by Crippen LogP contribution is -2.20. The predicted octanol–water partition coefficient (Wildman–Crippen LogP) is 5.37. The van der Waals surface area contributed by atoms with Crippen molar-refractivity contribution < 1.29 is 0 Å². The summed E-state index contributed by atoms with van der Waals surface area (Å²) < 4.78 is 1.73. The third-order valence-electron chi connectivity index (χ3n) is 5.55. The summed E-state index contributed by atoms with van der Waals surface area (Å²) in [6, 6.07) is 12.1. The molecular weight excluding hydrogens is 418 g/mol. The second-order valence-electron chi connectivity index (χ2n) is 7.63. The van der Waals surface area contributed by atoms with Gasteiger partial charge in [-0.25, -0.2) is 9.97 Å². The van der Waals surface area contributed by atoms with Crippen molar-refractivity contribution in [3.63, 3.8) is 0 Å². The fourth-order valence-corrected chi connectivity index (χ4v) is 4.50. The number of H-pyrrole nitrogens is 2. The largest absolute Gasteiger partial charge is 0.361 e. The molecule has 0 saturated heterocycles. The van der Waals surface area contributed by atoms with Crippen molar-refractivity contribution >= 4 is 33.6 Å². The average Bonchev–Trinajstić information content (AvgIpc) is 3.48. The molecule has 32 heavy (non-hydrogen) atoms. The maximum Gasteiger partial charge on any atom is 0.274 e. The zero-order valence-electron chi connectivity index (χ0n) is 17.8. The number of benzene rings is 1. The normalized spacial score (nSPS) is 11.4. The number of nitrogens with zero attached hydrogens (tertiary/aromatic N) is 3. The number of pyridine rings is 1. The molecule has 0 atom stereocenters. The Morgan fingerprint density at radius 3 is 2.78 bits per heavy atom. The van der Waals surface area contributed by atoms with Crippen LogP contribution in [-0.2, 0) is 12.3 Å². The van der Waals surface area contributed by atoms with Gasteiger partial charge in [0.1, 0.15) is 5.52 Å². The third-order valence-corrected chi connectivity index (χ3v) is 6.14. The second-order valence-corrected chi connectivity index (χ2v) is 8.50. The first kappa shape index (κ1) is 20.3. The van der Waals surface area contributed by atoms with Gasteiger partial charge in [-0.3, -0.25) is 4.79 Å². The number of aromatic amines is 2. The van der Waals surface area contributed by atoms with Crippen LogP contribution in [0.5, 0.6) is 0 Å².